The highest BCUT2D eigenvalue weighted by atomic mass is 16.3. The first kappa shape index (κ1) is 12.8. The predicted molar refractivity (Wildman–Crippen MR) is 61.5 cm³/mol. The molecule has 1 saturated carbocycles. The van der Waals surface area contributed by atoms with Crippen LogP contribution in [0.1, 0.15) is 19.3 Å². The van der Waals surface area contributed by atoms with Crippen LogP contribution in [0.15, 0.2) is 0 Å². The topological polar surface area (TPSA) is 90.0 Å². The molecule has 2 N–H and O–H groups in total. The predicted octanol–water partition coefficient (Wildman–Crippen LogP) is -1.09. The summed E-state index contributed by atoms with van der Waals surface area (Å²) in [5.74, 6) is -0.799. The van der Waals surface area contributed by atoms with Crippen molar-refractivity contribution in [2.24, 2.45) is 0 Å². The molecule has 0 aromatic heterocycles. The first-order valence-corrected chi connectivity index (χ1v) is 5.96. The van der Waals surface area contributed by atoms with E-state index in [1.54, 1.807) is 0 Å². The quantitative estimate of drug-likeness (QED) is 0.625. The second-order valence-corrected chi connectivity index (χ2v) is 4.97. The molecule has 2 rings (SSSR count). The summed E-state index contributed by atoms with van der Waals surface area (Å²) in [6, 6.07) is -0.461. The van der Waals surface area contributed by atoms with Crippen molar-refractivity contribution in [3.8, 4) is 0 Å². The summed E-state index contributed by atoms with van der Waals surface area (Å²) in [5, 5.41) is 12.3. The van der Waals surface area contributed by atoms with Crippen molar-refractivity contribution in [3.05, 3.63) is 0 Å². The molecule has 18 heavy (non-hydrogen) atoms. The van der Waals surface area contributed by atoms with E-state index in [0.29, 0.717) is 12.8 Å². The van der Waals surface area contributed by atoms with E-state index >= 15 is 0 Å². The summed E-state index contributed by atoms with van der Waals surface area (Å²) in [6.07, 6.45) is 2.31. The first-order valence-electron chi connectivity index (χ1n) is 5.96. The van der Waals surface area contributed by atoms with E-state index in [2.05, 4.69) is 5.32 Å². The molecule has 100 valence electrons. The molecule has 7 nitrogen and oxygen atoms in total. The number of imide groups is 1. The molecule has 4 amide bonds. The third-order valence-electron chi connectivity index (χ3n) is 3.43. The molecule has 1 saturated heterocycles. The van der Waals surface area contributed by atoms with Gasteiger partial charge < -0.3 is 15.3 Å². The second-order valence-electron chi connectivity index (χ2n) is 4.97. The van der Waals surface area contributed by atoms with Crippen LogP contribution < -0.4 is 5.32 Å². The van der Waals surface area contributed by atoms with Crippen LogP contribution in [0.5, 0.6) is 0 Å². The molecular weight excluding hydrogens is 238 g/mol. The Bertz CT molecular complexity index is 392. The SMILES string of the molecule is CN1CC(=O)N(CC(=O)NCC2(O)CCC2)C1=O. The van der Waals surface area contributed by atoms with Crippen molar-refractivity contribution in [2.75, 3.05) is 26.7 Å². The number of aliphatic hydroxyl groups is 1. The molecule has 0 aromatic carbocycles. The van der Waals surface area contributed by atoms with Gasteiger partial charge in [0.25, 0.3) is 5.91 Å². The standard InChI is InChI=1S/C11H17N3O4/c1-13-6-9(16)14(10(13)17)5-8(15)12-7-11(18)3-2-4-11/h18H,2-7H2,1H3,(H,12,15). The average Bonchev–Trinajstić information content (AvgIpc) is 2.51. The zero-order chi connectivity index (χ0) is 13.3. The maximum Gasteiger partial charge on any atom is 0.327 e. The first-order chi connectivity index (χ1) is 8.41. The molecule has 0 atom stereocenters. The highest BCUT2D eigenvalue weighted by Crippen LogP contribution is 2.30. The monoisotopic (exact) mass is 255 g/mol. The van der Waals surface area contributed by atoms with Crippen molar-refractivity contribution in [1.29, 1.82) is 0 Å². The van der Waals surface area contributed by atoms with Crippen molar-refractivity contribution in [3.63, 3.8) is 0 Å². The van der Waals surface area contributed by atoms with Crippen molar-refractivity contribution in [1.82, 2.24) is 15.1 Å². The minimum atomic E-state index is -0.800. The molecule has 7 heteroatoms. The number of hydrogen-bond acceptors (Lipinski definition) is 4. The molecule has 0 bridgehead atoms. The van der Waals surface area contributed by atoms with Crippen LogP contribution in [0.4, 0.5) is 4.79 Å². The molecule has 0 unspecified atom stereocenters. The van der Waals surface area contributed by atoms with Crippen LogP contribution >= 0.6 is 0 Å². The minimum Gasteiger partial charge on any atom is -0.388 e. The lowest BCUT2D eigenvalue weighted by Gasteiger charge is -2.36. The number of hydrogen-bond donors (Lipinski definition) is 2. The van der Waals surface area contributed by atoms with Gasteiger partial charge in [0.15, 0.2) is 0 Å². The summed E-state index contributed by atoms with van der Waals surface area (Å²) in [5.41, 5.74) is -0.800. The third-order valence-corrected chi connectivity index (χ3v) is 3.43. The minimum absolute atomic E-state index is 0.00997. The Balaban J connectivity index is 1.80. The van der Waals surface area contributed by atoms with Crippen molar-refractivity contribution < 1.29 is 19.5 Å². The maximum absolute atomic E-state index is 11.6. The number of rotatable bonds is 4. The Morgan fingerprint density at radius 2 is 2.11 bits per heavy atom. The van der Waals surface area contributed by atoms with Gasteiger partial charge in [-0.05, 0) is 19.3 Å². The number of carbonyl (C=O) groups is 3. The maximum atomic E-state index is 11.6. The van der Waals surface area contributed by atoms with E-state index in [4.69, 9.17) is 0 Å². The second kappa shape index (κ2) is 4.56. The van der Waals surface area contributed by atoms with E-state index in [-0.39, 0.29) is 25.5 Å². The van der Waals surface area contributed by atoms with Crippen LogP contribution in [0, 0.1) is 0 Å². The number of nitrogens with one attached hydrogen (secondary N) is 1. The molecule has 0 aromatic rings. The van der Waals surface area contributed by atoms with Gasteiger partial charge in [0, 0.05) is 13.6 Å². The molecule has 0 spiro atoms. The number of nitrogens with zero attached hydrogens (tertiary/aromatic N) is 2. The molecule has 2 fully saturated rings. The average molecular weight is 255 g/mol. The lowest BCUT2D eigenvalue weighted by molar-refractivity contribution is -0.131. The van der Waals surface area contributed by atoms with E-state index in [1.807, 2.05) is 0 Å². The Morgan fingerprint density at radius 3 is 2.56 bits per heavy atom. The van der Waals surface area contributed by atoms with Gasteiger partial charge in [-0.2, -0.15) is 0 Å². The van der Waals surface area contributed by atoms with Gasteiger partial charge in [-0.25, -0.2) is 4.79 Å². The van der Waals surface area contributed by atoms with Crippen LogP contribution in [0.3, 0.4) is 0 Å². The third kappa shape index (κ3) is 2.45. The fourth-order valence-electron chi connectivity index (χ4n) is 2.05. The summed E-state index contributed by atoms with van der Waals surface area (Å²) in [6.45, 7) is -0.0912. The Hall–Kier alpha value is -1.63. The lowest BCUT2D eigenvalue weighted by Crippen LogP contribution is -2.50. The Kier molecular flexibility index (Phi) is 3.25. The zero-order valence-electron chi connectivity index (χ0n) is 10.3. The molecule has 0 radical (unpaired) electrons. The van der Waals surface area contributed by atoms with Gasteiger partial charge in [0.05, 0.1) is 5.60 Å². The van der Waals surface area contributed by atoms with E-state index in [9.17, 15) is 19.5 Å². The van der Waals surface area contributed by atoms with Gasteiger partial charge in [0.2, 0.25) is 5.91 Å². The summed E-state index contributed by atoms with van der Waals surface area (Å²) >= 11 is 0. The highest BCUT2D eigenvalue weighted by molar-refractivity contribution is 6.04. The van der Waals surface area contributed by atoms with Crippen LogP contribution in [0.2, 0.25) is 0 Å². The fourth-order valence-corrected chi connectivity index (χ4v) is 2.05. The number of likely N-dealkylation sites (N-methyl/N-ethyl adjacent to an activating group) is 1. The Morgan fingerprint density at radius 1 is 1.44 bits per heavy atom. The summed E-state index contributed by atoms with van der Waals surface area (Å²) in [4.78, 5) is 36.7. The van der Waals surface area contributed by atoms with Crippen LogP contribution in [0.25, 0.3) is 0 Å². The zero-order valence-corrected chi connectivity index (χ0v) is 10.3. The smallest absolute Gasteiger partial charge is 0.327 e. The molecule has 1 heterocycles. The molecule has 1 aliphatic carbocycles. The number of carbonyl (C=O) groups excluding carboxylic acids is 3. The van der Waals surface area contributed by atoms with E-state index in [1.165, 1.54) is 11.9 Å². The normalized spacial score (nSPS) is 22.1. The van der Waals surface area contributed by atoms with Gasteiger partial charge in [-0.3, -0.25) is 14.5 Å². The van der Waals surface area contributed by atoms with Crippen LogP contribution in [-0.4, -0.2) is 65.0 Å². The lowest BCUT2D eigenvalue weighted by atomic mass is 9.80. The van der Waals surface area contributed by atoms with Gasteiger partial charge in [-0.1, -0.05) is 0 Å². The van der Waals surface area contributed by atoms with E-state index < -0.39 is 17.5 Å². The van der Waals surface area contributed by atoms with Crippen molar-refractivity contribution in [2.45, 2.75) is 24.9 Å². The number of amides is 4. The molecule has 2 aliphatic rings. The van der Waals surface area contributed by atoms with Gasteiger partial charge in [0.1, 0.15) is 13.1 Å². The number of urea groups is 1. The van der Waals surface area contributed by atoms with E-state index in [0.717, 1.165) is 11.3 Å². The van der Waals surface area contributed by atoms with Gasteiger partial charge >= 0.3 is 6.03 Å². The largest absolute Gasteiger partial charge is 0.388 e. The van der Waals surface area contributed by atoms with Crippen LogP contribution in [-0.2, 0) is 9.59 Å². The molecule has 1 aliphatic heterocycles. The Labute approximate surface area is 105 Å². The van der Waals surface area contributed by atoms with Crippen molar-refractivity contribution >= 4 is 17.8 Å². The fraction of sp³-hybridized carbons (Fsp3) is 0.727. The highest BCUT2D eigenvalue weighted by Gasteiger charge is 2.37. The summed E-state index contributed by atoms with van der Waals surface area (Å²) in [7, 11) is 1.51. The van der Waals surface area contributed by atoms with Gasteiger partial charge in [-0.15, -0.1) is 0 Å². The summed E-state index contributed by atoms with van der Waals surface area (Å²) < 4.78 is 0. The molecular formula is C11H17N3O4.